The van der Waals surface area contributed by atoms with Gasteiger partial charge in [-0.25, -0.2) is 0 Å². The zero-order chi connectivity index (χ0) is 17.8. The van der Waals surface area contributed by atoms with Crippen molar-refractivity contribution in [1.29, 1.82) is 0 Å². The van der Waals surface area contributed by atoms with Crippen LogP contribution in [0, 0.1) is 23.7 Å². The summed E-state index contributed by atoms with van der Waals surface area (Å²) in [6, 6.07) is 11.7. The van der Waals surface area contributed by atoms with Gasteiger partial charge in [-0.1, -0.05) is 34.1 Å². The minimum absolute atomic E-state index is 0.159. The first-order valence-corrected chi connectivity index (χ1v) is 9.46. The summed E-state index contributed by atoms with van der Waals surface area (Å²) in [6.07, 6.45) is 8.62. The first-order chi connectivity index (χ1) is 12.6. The van der Waals surface area contributed by atoms with Crippen molar-refractivity contribution < 1.29 is 9.59 Å². The first kappa shape index (κ1) is 15.8. The normalized spacial score (nSPS) is 29.3. The number of halogens is 1. The maximum absolute atomic E-state index is 12.7. The van der Waals surface area contributed by atoms with Crippen LogP contribution in [0.2, 0.25) is 0 Å². The van der Waals surface area contributed by atoms with E-state index in [-0.39, 0.29) is 35.5 Å². The van der Waals surface area contributed by atoms with Gasteiger partial charge in [0.1, 0.15) is 0 Å². The predicted molar refractivity (Wildman–Crippen MR) is 101 cm³/mol. The Kier molecular flexibility index (Phi) is 3.50. The molecule has 2 aliphatic carbocycles. The van der Waals surface area contributed by atoms with Gasteiger partial charge in [-0.15, -0.1) is 0 Å². The zero-order valence-corrected chi connectivity index (χ0v) is 15.4. The summed E-state index contributed by atoms with van der Waals surface area (Å²) >= 11 is 3.48. The molecule has 26 heavy (non-hydrogen) atoms. The van der Waals surface area contributed by atoms with Crippen molar-refractivity contribution in [2.75, 3.05) is 0 Å². The highest BCUT2D eigenvalue weighted by Gasteiger charge is 2.59. The number of rotatable bonds is 3. The van der Waals surface area contributed by atoms with Crippen molar-refractivity contribution in [1.82, 2.24) is 9.58 Å². The predicted octanol–water partition coefficient (Wildman–Crippen LogP) is 3.38. The van der Waals surface area contributed by atoms with E-state index in [4.69, 9.17) is 0 Å². The number of carbonyl (C=O) groups excluding carboxylic acids is 2. The zero-order valence-electron chi connectivity index (χ0n) is 13.8. The molecule has 2 heterocycles. The van der Waals surface area contributed by atoms with Crippen LogP contribution in [0.15, 0.2) is 64.3 Å². The molecule has 2 fully saturated rings. The van der Waals surface area contributed by atoms with Crippen LogP contribution in [0.25, 0.3) is 5.69 Å². The van der Waals surface area contributed by atoms with Crippen molar-refractivity contribution in [2.24, 2.45) is 28.8 Å². The van der Waals surface area contributed by atoms with Gasteiger partial charge in [-0.3, -0.25) is 9.59 Å². The molecule has 2 aromatic rings. The summed E-state index contributed by atoms with van der Waals surface area (Å²) in [5.74, 6) is -0.347. The molecule has 0 radical (unpaired) electrons. The van der Waals surface area contributed by atoms with E-state index >= 15 is 0 Å². The molecule has 0 N–H and O–H groups in total. The Morgan fingerprint density at radius 1 is 1.04 bits per heavy atom. The minimum atomic E-state index is -0.216. The van der Waals surface area contributed by atoms with Crippen LogP contribution in [0.4, 0.5) is 0 Å². The molecule has 5 rings (SSSR count). The maximum Gasteiger partial charge on any atom is 0.254 e. The van der Waals surface area contributed by atoms with Crippen molar-refractivity contribution in [3.8, 4) is 5.69 Å². The van der Waals surface area contributed by atoms with Gasteiger partial charge >= 0.3 is 0 Å². The second-order valence-electron chi connectivity index (χ2n) is 7.02. The van der Waals surface area contributed by atoms with E-state index in [1.165, 1.54) is 0 Å². The van der Waals surface area contributed by atoms with Gasteiger partial charge in [-0.05, 0) is 48.6 Å². The molecule has 3 aliphatic rings. The van der Waals surface area contributed by atoms with E-state index < -0.39 is 0 Å². The van der Waals surface area contributed by atoms with E-state index in [2.05, 4.69) is 33.2 Å². The molecule has 1 aromatic heterocycles. The number of allylic oxidation sites excluding steroid dienone is 2. The van der Waals surface area contributed by atoms with Crippen molar-refractivity contribution in [2.45, 2.75) is 6.42 Å². The summed E-state index contributed by atoms with van der Waals surface area (Å²) in [5, 5.41) is 5.35. The maximum atomic E-state index is 12.7. The molecular weight excluding hydrogens is 394 g/mol. The minimum Gasteiger partial charge on any atom is -0.316 e. The monoisotopic (exact) mass is 409 g/mol. The molecule has 1 aromatic carbocycles. The van der Waals surface area contributed by atoms with Gasteiger partial charge in [-0.2, -0.15) is 10.1 Å². The average Bonchev–Trinajstić information content (AvgIpc) is 3.39. The third-order valence-corrected chi connectivity index (χ3v) is 6.11. The lowest BCUT2D eigenvalue weighted by Crippen LogP contribution is -2.28. The van der Waals surface area contributed by atoms with Crippen LogP contribution < -0.4 is 0 Å². The van der Waals surface area contributed by atoms with Crippen LogP contribution in [0.1, 0.15) is 12.1 Å². The SMILES string of the molecule is O=C1C2C3C=CC(C3)C2C(=O)N1N=Cc1cccn1-c1cccc(Br)c1. The van der Waals surface area contributed by atoms with Crippen molar-refractivity contribution in [3.63, 3.8) is 0 Å². The van der Waals surface area contributed by atoms with Gasteiger partial charge < -0.3 is 4.57 Å². The number of hydrogen-bond acceptors (Lipinski definition) is 3. The standard InChI is InChI=1S/C20H16BrN3O2/c21-14-3-1-4-15(10-14)23-8-2-5-16(23)11-22-24-19(25)17-12-6-7-13(9-12)18(17)20(24)26/h1-8,10-13,17-18H,9H2. The van der Waals surface area contributed by atoms with Crippen LogP contribution in [0.5, 0.6) is 0 Å². The van der Waals surface area contributed by atoms with Gasteiger partial charge in [0.25, 0.3) is 11.8 Å². The summed E-state index contributed by atoms with van der Waals surface area (Å²) < 4.78 is 2.94. The molecule has 130 valence electrons. The summed E-state index contributed by atoms with van der Waals surface area (Å²) in [7, 11) is 0. The second kappa shape index (κ2) is 5.77. The molecule has 5 nitrogen and oxygen atoms in total. The van der Waals surface area contributed by atoms with Crippen molar-refractivity contribution >= 4 is 34.0 Å². The van der Waals surface area contributed by atoms with E-state index in [1.54, 1.807) is 6.21 Å². The van der Waals surface area contributed by atoms with E-state index in [0.717, 1.165) is 27.3 Å². The molecular formula is C20H16BrN3O2. The number of aromatic nitrogens is 1. The Bertz CT molecular complexity index is 947. The highest BCUT2D eigenvalue weighted by atomic mass is 79.9. The molecule has 1 saturated heterocycles. The van der Waals surface area contributed by atoms with E-state index in [0.29, 0.717) is 0 Å². The highest BCUT2D eigenvalue weighted by molar-refractivity contribution is 9.10. The largest absolute Gasteiger partial charge is 0.316 e. The fourth-order valence-corrected chi connectivity index (χ4v) is 4.86. The van der Waals surface area contributed by atoms with E-state index in [9.17, 15) is 9.59 Å². The van der Waals surface area contributed by atoms with Crippen LogP contribution in [-0.4, -0.2) is 27.6 Å². The lowest BCUT2D eigenvalue weighted by atomic mass is 9.85. The molecule has 2 bridgehead atoms. The lowest BCUT2D eigenvalue weighted by molar-refractivity contribution is -0.140. The number of nitrogens with zero attached hydrogens (tertiary/aromatic N) is 3. The van der Waals surface area contributed by atoms with Gasteiger partial charge in [0.15, 0.2) is 0 Å². The second-order valence-corrected chi connectivity index (χ2v) is 7.93. The fourth-order valence-electron chi connectivity index (χ4n) is 4.48. The fraction of sp³-hybridized carbons (Fsp3) is 0.250. The van der Waals surface area contributed by atoms with Crippen LogP contribution in [-0.2, 0) is 9.59 Å². The number of carbonyl (C=O) groups is 2. The molecule has 1 aliphatic heterocycles. The molecule has 6 heteroatoms. The molecule has 4 unspecified atom stereocenters. The Hall–Kier alpha value is -2.47. The Balaban J connectivity index is 1.43. The van der Waals surface area contributed by atoms with Crippen molar-refractivity contribution in [3.05, 3.63) is 64.9 Å². The molecule has 2 amide bonds. The highest BCUT2D eigenvalue weighted by Crippen LogP contribution is 2.52. The quantitative estimate of drug-likeness (QED) is 0.443. The van der Waals surface area contributed by atoms with Gasteiger partial charge in [0, 0.05) is 16.4 Å². The average molecular weight is 410 g/mol. The number of amides is 2. The Morgan fingerprint density at radius 3 is 2.46 bits per heavy atom. The summed E-state index contributed by atoms with van der Waals surface area (Å²) in [5.41, 5.74) is 1.78. The van der Waals surface area contributed by atoms with Gasteiger partial charge in [0.2, 0.25) is 0 Å². The summed E-state index contributed by atoms with van der Waals surface area (Å²) in [4.78, 5) is 25.4. The number of fused-ring (bicyclic) bond motifs is 5. The van der Waals surface area contributed by atoms with Gasteiger partial charge in [0.05, 0.1) is 23.7 Å². The number of hydrazone groups is 1. The number of imide groups is 1. The lowest BCUT2D eigenvalue weighted by Gasteiger charge is -2.13. The van der Waals surface area contributed by atoms with Crippen LogP contribution in [0.3, 0.4) is 0 Å². The third-order valence-electron chi connectivity index (χ3n) is 5.62. The third kappa shape index (κ3) is 2.25. The molecule has 1 saturated carbocycles. The number of hydrogen-bond donors (Lipinski definition) is 0. The molecule has 0 spiro atoms. The van der Waals surface area contributed by atoms with Crippen LogP contribution >= 0.6 is 15.9 Å². The smallest absolute Gasteiger partial charge is 0.254 e. The first-order valence-electron chi connectivity index (χ1n) is 8.67. The topological polar surface area (TPSA) is 54.7 Å². The number of benzene rings is 1. The van der Waals surface area contributed by atoms with E-state index in [1.807, 2.05) is 47.2 Å². The Morgan fingerprint density at radius 2 is 1.77 bits per heavy atom. The Labute approximate surface area is 159 Å². The summed E-state index contributed by atoms with van der Waals surface area (Å²) in [6.45, 7) is 0. The molecule has 4 atom stereocenters.